The van der Waals surface area contributed by atoms with Crippen molar-refractivity contribution < 1.29 is 0 Å². The van der Waals surface area contributed by atoms with E-state index in [2.05, 4.69) is 14.9 Å². The highest BCUT2D eigenvalue weighted by atomic mass is 15.2. The van der Waals surface area contributed by atoms with E-state index in [1.807, 2.05) is 24.3 Å². The molecule has 18 heavy (non-hydrogen) atoms. The molecule has 1 aromatic carbocycles. The van der Waals surface area contributed by atoms with E-state index in [-0.39, 0.29) is 6.04 Å². The molecule has 1 atom stereocenters. The summed E-state index contributed by atoms with van der Waals surface area (Å²) in [6.07, 6.45) is 2.15. The number of hydrogen-bond acceptors (Lipinski definition) is 5. The van der Waals surface area contributed by atoms with Gasteiger partial charge in [-0.1, -0.05) is 12.1 Å². The molecule has 1 fully saturated rings. The van der Waals surface area contributed by atoms with E-state index in [1.165, 1.54) is 0 Å². The van der Waals surface area contributed by atoms with Crippen LogP contribution in [0.2, 0.25) is 0 Å². The molecule has 0 aliphatic carbocycles. The van der Waals surface area contributed by atoms with Crippen molar-refractivity contribution in [3.05, 3.63) is 24.3 Å². The summed E-state index contributed by atoms with van der Waals surface area (Å²) in [7, 11) is 0. The Morgan fingerprint density at radius 3 is 2.61 bits per heavy atom. The summed E-state index contributed by atoms with van der Waals surface area (Å²) in [5.41, 5.74) is 13.7. The van der Waals surface area contributed by atoms with Gasteiger partial charge >= 0.3 is 0 Å². The molecule has 1 aliphatic rings. The van der Waals surface area contributed by atoms with Gasteiger partial charge in [0, 0.05) is 19.1 Å². The minimum Gasteiger partial charge on any atom is -0.381 e. The zero-order chi connectivity index (χ0) is 12.5. The maximum absolute atomic E-state index is 6.01. The lowest BCUT2D eigenvalue weighted by Crippen LogP contribution is -2.43. The number of fused-ring (bicyclic) bond motifs is 1. The minimum absolute atomic E-state index is 0.200. The lowest BCUT2D eigenvalue weighted by Gasteiger charge is -2.32. The number of aromatic nitrogens is 2. The van der Waals surface area contributed by atoms with E-state index in [9.17, 15) is 0 Å². The molecule has 1 saturated heterocycles. The third-order valence-corrected chi connectivity index (χ3v) is 3.34. The van der Waals surface area contributed by atoms with E-state index in [0.29, 0.717) is 5.82 Å². The van der Waals surface area contributed by atoms with E-state index in [0.717, 1.165) is 42.8 Å². The number of anilines is 2. The van der Waals surface area contributed by atoms with Crippen LogP contribution in [0.15, 0.2) is 24.3 Å². The van der Waals surface area contributed by atoms with Crippen molar-refractivity contribution in [2.24, 2.45) is 5.73 Å². The molecule has 0 amide bonds. The maximum atomic E-state index is 6.01. The van der Waals surface area contributed by atoms with Gasteiger partial charge in [-0.05, 0) is 25.0 Å². The van der Waals surface area contributed by atoms with Crippen LogP contribution in [0.1, 0.15) is 12.8 Å². The standard InChI is InChI=1S/C13H17N5/c14-9-4-3-7-18(8-9)13-12(15)16-10-5-1-2-6-11(10)17-13/h1-2,5-6,9H,3-4,7-8,14H2,(H2,15,16)/t9-/m1/s1. The van der Waals surface area contributed by atoms with E-state index >= 15 is 0 Å². The van der Waals surface area contributed by atoms with Gasteiger partial charge in [0.15, 0.2) is 11.6 Å². The van der Waals surface area contributed by atoms with Crippen molar-refractivity contribution >= 4 is 22.7 Å². The number of nitrogens with zero attached hydrogens (tertiary/aromatic N) is 3. The van der Waals surface area contributed by atoms with E-state index in [4.69, 9.17) is 11.5 Å². The highest BCUT2D eigenvalue weighted by Gasteiger charge is 2.20. The number of nitrogens with two attached hydrogens (primary N) is 2. The summed E-state index contributed by atoms with van der Waals surface area (Å²) in [6.45, 7) is 1.75. The molecule has 94 valence electrons. The molecular weight excluding hydrogens is 226 g/mol. The molecular formula is C13H17N5. The third kappa shape index (κ3) is 1.97. The van der Waals surface area contributed by atoms with Crippen LogP contribution in [0.3, 0.4) is 0 Å². The van der Waals surface area contributed by atoms with E-state index < -0.39 is 0 Å². The van der Waals surface area contributed by atoms with Gasteiger partial charge in [0.25, 0.3) is 0 Å². The van der Waals surface area contributed by atoms with Crippen molar-refractivity contribution in [3.63, 3.8) is 0 Å². The second-order valence-electron chi connectivity index (χ2n) is 4.77. The number of hydrogen-bond donors (Lipinski definition) is 2. The van der Waals surface area contributed by atoms with Crippen molar-refractivity contribution in [1.82, 2.24) is 9.97 Å². The summed E-state index contributed by atoms with van der Waals surface area (Å²) in [5, 5.41) is 0. The fourth-order valence-electron chi connectivity index (χ4n) is 2.44. The van der Waals surface area contributed by atoms with Crippen molar-refractivity contribution in [2.75, 3.05) is 23.7 Å². The van der Waals surface area contributed by atoms with E-state index in [1.54, 1.807) is 0 Å². The molecule has 0 spiro atoms. The van der Waals surface area contributed by atoms with Crippen LogP contribution in [-0.4, -0.2) is 29.1 Å². The number of nitrogen functional groups attached to an aromatic ring is 1. The molecule has 2 aromatic rings. The van der Waals surface area contributed by atoms with Crippen LogP contribution in [-0.2, 0) is 0 Å². The highest BCUT2D eigenvalue weighted by Crippen LogP contribution is 2.24. The smallest absolute Gasteiger partial charge is 0.172 e. The van der Waals surface area contributed by atoms with Crippen LogP contribution < -0.4 is 16.4 Å². The summed E-state index contributed by atoms with van der Waals surface area (Å²) in [4.78, 5) is 11.2. The minimum atomic E-state index is 0.200. The number of piperidine rings is 1. The first-order valence-corrected chi connectivity index (χ1v) is 6.27. The van der Waals surface area contributed by atoms with Crippen molar-refractivity contribution in [2.45, 2.75) is 18.9 Å². The third-order valence-electron chi connectivity index (χ3n) is 3.34. The Kier molecular flexibility index (Phi) is 2.76. The zero-order valence-electron chi connectivity index (χ0n) is 10.2. The van der Waals surface area contributed by atoms with Gasteiger partial charge in [0.05, 0.1) is 11.0 Å². The molecule has 4 N–H and O–H groups in total. The Morgan fingerprint density at radius 1 is 1.17 bits per heavy atom. The number of para-hydroxylation sites is 2. The molecule has 0 saturated carbocycles. The molecule has 1 aromatic heterocycles. The van der Waals surface area contributed by atoms with Crippen LogP contribution in [0.4, 0.5) is 11.6 Å². The average molecular weight is 243 g/mol. The predicted molar refractivity (Wildman–Crippen MR) is 73.4 cm³/mol. The monoisotopic (exact) mass is 243 g/mol. The molecule has 2 heterocycles. The van der Waals surface area contributed by atoms with Gasteiger partial charge in [-0.3, -0.25) is 0 Å². The van der Waals surface area contributed by atoms with Gasteiger partial charge in [0.2, 0.25) is 0 Å². The maximum Gasteiger partial charge on any atom is 0.172 e. The second-order valence-corrected chi connectivity index (χ2v) is 4.77. The van der Waals surface area contributed by atoms with Crippen LogP contribution in [0.5, 0.6) is 0 Å². The summed E-state index contributed by atoms with van der Waals surface area (Å²) < 4.78 is 0. The quantitative estimate of drug-likeness (QED) is 0.785. The largest absolute Gasteiger partial charge is 0.381 e. The van der Waals surface area contributed by atoms with Crippen molar-refractivity contribution in [3.8, 4) is 0 Å². The first-order chi connectivity index (χ1) is 8.74. The summed E-state index contributed by atoms with van der Waals surface area (Å²) in [5.74, 6) is 1.26. The molecule has 5 nitrogen and oxygen atoms in total. The first-order valence-electron chi connectivity index (χ1n) is 6.27. The average Bonchev–Trinajstić information content (AvgIpc) is 2.38. The van der Waals surface area contributed by atoms with Gasteiger partial charge in [-0.2, -0.15) is 0 Å². The van der Waals surface area contributed by atoms with Crippen LogP contribution >= 0.6 is 0 Å². The molecule has 0 bridgehead atoms. The summed E-state index contributed by atoms with van der Waals surface area (Å²) >= 11 is 0. The summed E-state index contributed by atoms with van der Waals surface area (Å²) in [6, 6.07) is 7.97. The molecule has 5 heteroatoms. The lowest BCUT2D eigenvalue weighted by molar-refractivity contribution is 0.503. The number of benzene rings is 1. The zero-order valence-corrected chi connectivity index (χ0v) is 10.2. The Morgan fingerprint density at radius 2 is 1.89 bits per heavy atom. The van der Waals surface area contributed by atoms with Gasteiger partial charge < -0.3 is 16.4 Å². The Balaban J connectivity index is 2.02. The predicted octanol–water partition coefficient (Wildman–Crippen LogP) is 1.14. The fourth-order valence-corrected chi connectivity index (χ4v) is 2.44. The Labute approximate surface area is 106 Å². The second kappa shape index (κ2) is 4.42. The van der Waals surface area contributed by atoms with Gasteiger partial charge in [0.1, 0.15) is 0 Å². The van der Waals surface area contributed by atoms with Crippen LogP contribution in [0.25, 0.3) is 11.0 Å². The van der Waals surface area contributed by atoms with Gasteiger partial charge in [-0.25, -0.2) is 9.97 Å². The topological polar surface area (TPSA) is 81.1 Å². The van der Waals surface area contributed by atoms with Gasteiger partial charge in [-0.15, -0.1) is 0 Å². The molecule has 3 rings (SSSR count). The molecule has 0 radical (unpaired) electrons. The molecule has 0 unspecified atom stereocenters. The normalized spacial score (nSPS) is 20.3. The Bertz CT molecular complexity index is 568. The van der Waals surface area contributed by atoms with Crippen LogP contribution in [0, 0.1) is 0 Å². The molecule has 1 aliphatic heterocycles. The number of rotatable bonds is 1. The van der Waals surface area contributed by atoms with Crippen molar-refractivity contribution in [1.29, 1.82) is 0 Å². The fraction of sp³-hybridized carbons (Fsp3) is 0.385. The highest BCUT2D eigenvalue weighted by molar-refractivity contribution is 5.79. The first kappa shape index (κ1) is 11.2. The Hall–Kier alpha value is -1.88. The lowest BCUT2D eigenvalue weighted by atomic mass is 10.1. The SMILES string of the molecule is Nc1nc2ccccc2nc1N1CCC[C@@H](N)C1.